The first-order valence-corrected chi connectivity index (χ1v) is 8.58. The Kier molecular flexibility index (Phi) is 4.53. The van der Waals surface area contributed by atoms with Crippen LogP contribution >= 0.6 is 0 Å². The lowest BCUT2D eigenvalue weighted by atomic mass is 10.2. The number of aromatic amines is 1. The lowest BCUT2D eigenvalue weighted by Crippen LogP contribution is -2.27. The van der Waals surface area contributed by atoms with Crippen LogP contribution in [-0.2, 0) is 11.3 Å². The van der Waals surface area contributed by atoms with E-state index < -0.39 is 0 Å². The third-order valence-electron chi connectivity index (χ3n) is 4.33. The van der Waals surface area contributed by atoms with E-state index in [0.717, 1.165) is 23.3 Å². The van der Waals surface area contributed by atoms with Crippen LogP contribution in [0.3, 0.4) is 0 Å². The predicted octanol–water partition coefficient (Wildman–Crippen LogP) is 2.40. The molecule has 1 fully saturated rings. The van der Waals surface area contributed by atoms with E-state index in [1.807, 2.05) is 24.3 Å². The van der Waals surface area contributed by atoms with E-state index in [-0.39, 0.29) is 12.0 Å². The molecule has 7 nitrogen and oxygen atoms in total. The highest BCUT2D eigenvalue weighted by Crippen LogP contribution is 2.16. The highest BCUT2D eigenvalue weighted by Gasteiger charge is 2.19. The van der Waals surface area contributed by atoms with Crippen LogP contribution in [0.25, 0.3) is 11.0 Å². The summed E-state index contributed by atoms with van der Waals surface area (Å²) >= 11 is 0. The number of amides is 1. The molecule has 1 amide bonds. The maximum Gasteiger partial charge on any atom is 0.255 e. The first-order chi connectivity index (χ1) is 12.7. The molecular weight excluding hydrogens is 332 g/mol. The molecule has 1 aliphatic heterocycles. The lowest BCUT2D eigenvalue weighted by Gasteiger charge is -2.16. The molecule has 7 heteroatoms. The van der Waals surface area contributed by atoms with Crippen molar-refractivity contribution in [2.75, 3.05) is 20.3 Å². The Balaban J connectivity index is 1.40. The number of para-hydroxylation sites is 2. The molecule has 0 aliphatic carbocycles. The molecule has 1 aliphatic rings. The van der Waals surface area contributed by atoms with Gasteiger partial charge in [-0.05, 0) is 18.2 Å². The number of carbonyl (C=O) groups excluding carboxylic acids is 1. The minimum Gasteiger partial charge on any atom is -0.472 e. The van der Waals surface area contributed by atoms with Crippen molar-refractivity contribution in [3.63, 3.8) is 0 Å². The molecule has 0 bridgehead atoms. The molecule has 3 heterocycles. The molecule has 1 aromatic carbocycles. The number of H-pyrrole nitrogens is 1. The second-order valence-corrected chi connectivity index (χ2v) is 6.35. The molecule has 3 aromatic rings. The van der Waals surface area contributed by atoms with Crippen LogP contribution in [0.15, 0.2) is 42.6 Å². The van der Waals surface area contributed by atoms with Crippen LogP contribution in [0.5, 0.6) is 5.88 Å². The van der Waals surface area contributed by atoms with Crippen LogP contribution in [0.4, 0.5) is 0 Å². The summed E-state index contributed by atoms with van der Waals surface area (Å²) in [6.45, 7) is 1.70. The molecule has 1 N–H and O–H groups in total. The van der Waals surface area contributed by atoms with Crippen molar-refractivity contribution in [1.82, 2.24) is 19.9 Å². The normalized spacial score (nSPS) is 16.7. The Bertz CT molecular complexity index is 868. The number of nitrogens with one attached hydrogen (secondary N) is 1. The maximum atomic E-state index is 12.6. The van der Waals surface area contributed by atoms with E-state index in [2.05, 4.69) is 15.0 Å². The third kappa shape index (κ3) is 3.52. The number of benzene rings is 1. The van der Waals surface area contributed by atoms with Gasteiger partial charge in [0.05, 0.1) is 36.4 Å². The number of hydrogen-bond acceptors (Lipinski definition) is 5. The van der Waals surface area contributed by atoms with Gasteiger partial charge in [-0.15, -0.1) is 0 Å². The van der Waals surface area contributed by atoms with E-state index in [1.165, 1.54) is 0 Å². The van der Waals surface area contributed by atoms with Crippen LogP contribution in [0, 0.1) is 0 Å². The molecule has 0 radical (unpaired) electrons. The number of ether oxygens (including phenoxy) is 2. The minimum absolute atomic E-state index is 0.0415. The first-order valence-electron chi connectivity index (χ1n) is 8.58. The van der Waals surface area contributed by atoms with Gasteiger partial charge < -0.3 is 19.4 Å². The Hall–Kier alpha value is -2.93. The highest BCUT2D eigenvalue weighted by atomic mass is 16.5. The van der Waals surface area contributed by atoms with Crippen LogP contribution in [0.2, 0.25) is 0 Å². The maximum absolute atomic E-state index is 12.6. The number of carbonyl (C=O) groups is 1. The molecule has 0 saturated carbocycles. The van der Waals surface area contributed by atoms with Crippen LogP contribution in [-0.4, -0.2) is 52.1 Å². The number of hydrogen-bond donors (Lipinski definition) is 1. The fourth-order valence-electron chi connectivity index (χ4n) is 2.95. The predicted molar refractivity (Wildman–Crippen MR) is 96.0 cm³/mol. The smallest absolute Gasteiger partial charge is 0.255 e. The van der Waals surface area contributed by atoms with E-state index >= 15 is 0 Å². The van der Waals surface area contributed by atoms with Crippen molar-refractivity contribution >= 4 is 16.9 Å². The van der Waals surface area contributed by atoms with Gasteiger partial charge in [-0.3, -0.25) is 4.79 Å². The number of imidazole rings is 1. The van der Waals surface area contributed by atoms with Gasteiger partial charge in [0, 0.05) is 25.7 Å². The Morgan fingerprint density at radius 3 is 2.96 bits per heavy atom. The van der Waals surface area contributed by atoms with Crippen molar-refractivity contribution in [2.24, 2.45) is 0 Å². The molecular formula is C19H20N4O3. The average Bonchev–Trinajstić information content (AvgIpc) is 3.30. The number of pyridine rings is 1. The Morgan fingerprint density at radius 1 is 1.35 bits per heavy atom. The monoisotopic (exact) mass is 352 g/mol. The third-order valence-corrected chi connectivity index (χ3v) is 4.33. The zero-order valence-electron chi connectivity index (χ0n) is 14.5. The molecule has 1 atom stereocenters. The van der Waals surface area contributed by atoms with Crippen molar-refractivity contribution in [2.45, 2.75) is 19.1 Å². The summed E-state index contributed by atoms with van der Waals surface area (Å²) in [5.41, 5.74) is 2.36. The minimum atomic E-state index is -0.117. The summed E-state index contributed by atoms with van der Waals surface area (Å²) in [6.07, 6.45) is 2.45. The highest BCUT2D eigenvalue weighted by molar-refractivity contribution is 5.93. The standard InChI is InChI=1S/C19H20N4O3/c1-23(11-17-21-15-4-2-3-5-16(15)22-17)19(24)13-6-7-18(20-10-13)26-14-8-9-25-12-14/h2-7,10,14H,8-9,11-12H2,1H3,(H,21,22). The Labute approximate surface area is 151 Å². The van der Waals surface area contributed by atoms with E-state index in [0.29, 0.717) is 31.2 Å². The SMILES string of the molecule is CN(Cc1nc2ccccc2[nH]1)C(=O)c1ccc(OC2CCOC2)nc1. The van der Waals surface area contributed by atoms with Gasteiger partial charge >= 0.3 is 0 Å². The van der Waals surface area contributed by atoms with Crippen molar-refractivity contribution in [3.8, 4) is 5.88 Å². The number of fused-ring (bicyclic) bond motifs is 1. The number of aromatic nitrogens is 3. The van der Waals surface area contributed by atoms with Crippen molar-refractivity contribution < 1.29 is 14.3 Å². The fraction of sp³-hybridized carbons (Fsp3) is 0.316. The summed E-state index contributed by atoms with van der Waals surface area (Å²) in [4.78, 5) is 26.2. The van der Waals surface area contributed by atoms with Crippen molar-refractivity contribution in [1.29, 1.82) is 0 Å². The molecule has 1 unspecified atom stereocenters. The topological polar surface area (TPSA) is 80.3 Å². The zero-order valence-corrected chi connectivity index (χ0v) is 14.5. The number of nitrogens with zero attached hydrogens (tertiary/aromatic N) is 3. The average molecular weight is 352 g/mol. The van der Waals surface area contributed by atoms with E-state index in [1.54, 1.807) is 30.3 Å². The van der Waals surface area contributed by atoms with Gasteiger partial charge in [-0.25, -0.2) is 9.97 Å². The summed E-state index contributed by atoms with van der Waals surface area (Å²) in [6, 6.07) is 11.2. The number of rotatable bonds is 5. The summed E-state index contributed by atoms with van der Waals surface area (Å²) in [5.74, 6) is 1.14. The zero-order chi connectivity index (χ0) is 17.9. The van der Waals surface area contributed by atoms with Gasteiger partial charge in [0.2, 0.25) is 5.88 Å². The first kappa shape index (κ1) is 16.5. The molecule has 0 spiro atoms. The van der Waals surface area contributed by atoms with Crippen molar-refractivity contribution in [3.05, 3.63) is 54.0 Å². The molecule has 4 rings (SSSR count). The molecule has 134 valence electrons. The molecule has 26 heavy (non-hydrogen) atoms. The molecule has 2 aromatic heterocycles. The second-order valence-electron chi connectivity index (χ2n) is 6.35. The summed E-state index contributed by atoms with van der Waals surface area (Å²) in [7, 11) is 1.75. The fourth-order valence-corrected chi connectivity index (χ4v) is 2.95. The lowest BCUT2D eigenvalue weighted by molar-refractivity contribution is 0.0781. The van der Waals surface area contributed by atoms with Gasteiger partial charge in [-0.2, -0.15) is 0 Å². The van der Waals surface area contributed by atoms with Gasteiger partial charge in [-0.1, -0.05) is 12.1 Å². The summed E-state index contributed by atoms with van der Waals surface area (Å²) < 4.78 is 11.0. The Morgan fingerprint density at radius 2 is 2.23 bits per heavy atom. The second kappa shape index (κ2) is 7.13. The van der Waals surface area contributed by atoms with E-state index in [9.17, 15) is 4.79 Å². The largest absolute Gasteiger partial charge is 0.472 e. The van der Waals surface area contributed by atoms with E-state index in [4.69, 9.17) is 9.47 Å². The van der Waals surface area contributed by atoms with Gasteiger partial charge in [0.1, 0.15) is 11.9 Å². The quantitative estimate of drug-likeness (QED) is 0.763. The van der Waals surface area contributed by atoms with Crippen LogP contribution < -0.4 is 4.74 Å². The van der Waals surface area contributed by atoms with Gasteiger partial charge in [0.25, 0.3) is 5.91 Å². The summed E-state index contributed by atoms with van der Waals surface area (Å²) in [5, 5.41) is 0. The molecule has 1 saturated heterocycles. The van der Waals surface area contributed by atoms with Gasteiger partial charge in [0.15, 0.2) is 0 Å². The van der Waals surface area contributed by atoms with Crippen LogP contribution in [0.1, 0.15) is 22.6 Å².